The van der Waals surface area contributed by atoms with Crippen molar-refractivity contribution in [2.24, 2.45) is 0 Å². The number of thioether (sulfide) groups is 1. The summed E-state index contributed by atoms with van der Waals surface area (Å²) in [6.45, 7) is 6.55. The van der Waals surface area contributed by atoms with Crippen molar-refractivity contribution >= 4 is 40.0 Å². The van der Waals surface area contributed by atoms with E-state index >= 15 is 0 Å². The van der Waals surface area contributed by atoms with Crippen LogP contribution in [0.1, 0.15) is 34.9 Å². The number of amides is 1. The predicted molar refractivity (Wildman–Crippen MR) is 121 cm³/mol. The van der Waals surface area contributed by atoms with E-state index in [0.29, 0.717) is 33.8 Å². The van der Waals surface area contributed by atoms with Gasteiger partial charge in [-0.1, -0.05) is 11.8 Å². The zero-order valence-electron chi connectivity index (χ0n) is 17.9. The largest absolute Gasteiger partial charge is 0.486 e. The Labute approximate surface area is 193 Å². The van der Waals surface area contributed by atoms with Crippen LogP contribution in [-0.2, 0) is 22.7 Å². The third-order valence-corrected chi connectivity index (χ3v) is 6.16. The molecule has 0 spiro atoms. The molecule has 0 aliphatic heterocycles. The molecule has 32 heavy (non-hydrogen) atoms. The first kappa shape index (κ1) is 23.7. The molecular formula is C21H23FN4O4S2. The summed E-state index contributed by atoms with van der Waals surface area (Å²) in [5.74, 6) is 0.148. The Bertz CT molecular complexity index is 1080. The van der Waals surface area contributed by atoms with Gasteiger partial charge < -0.3 is 19.4 Å². The van der Waals surface area contributed by atoms with E-state index in [1.54, 1.807) is 25.1 Å². The minimum atomic E-state index is -0.462. The number of aryl methyl sites for hydroxylation is 1. The number of anilines is 1. The fourth-order valence-corrected chi connectivity index (χ4v) is 4.53. The van der Waals surface area contributed by atoms with Gasteiger partial charge in [0.1, 0.15) is 23.2 Å². The van der Waals surface area contributed by atoms with E-state index in [1.807, 2.05) is 18.4 Å². The number of esters is 1. The molecule has 1 N–H and O–H groups in total. The Kier molecular flexibility index (Phi) is 8.23. The van der Waals surface area contributed by atoms with Crippen LogP contribution in [0.5, 0.6) is 5.75 Å². The number of rotatable bonds is 10. The highest BCUT2D eigenvalue weighted by molar-refractivity contribution is 7.99. The summed E-state index contributed by atoms with van der Waals surface area (Å²) in [4.78, 5) is 25.5. The van der Waals surface area contributed by atoms with Crippen molar-refractivity contribution in [3.63, 3.8) is 0 Å². The maximum absolute atomic E-state index is 13.0. The monoisotopic (exact) mass is 478 g/mol. The van der Waals surface area contributed by atoms with Gasteiger partial charge in [-0.05, 0) is 51.1 Å². The van der Waals surface area contributed by atoms with Crippen LogP contribution in [0.3, 0.4) is 0 Å². The Morgan fingerprint density at radius 2 is 1.97 bits per heavy atom. The summed E-state index contributed by atoms with van der Waals surface area (Å²) in [5, 5.41) is 12.1. The number of nitrogens with one attached hydrogen (secondary N) is 1. The Hall–Kier alpha value is -2.92. The first-order valence-corrected chi connectivity index (χ1v) is 11.7. The van der Waals surface area contributed by atoms with E-state index in [1.165, 1.54) is 35.2 Å². The second-order valence-electron chi connectivity index (χ2n) is 6.54. The molecule has 8 nitrogen and oxygen atoms in total. The van der Waals surface area contributed by atoms with Gasteiger partial charge in [-0.15, -0.1) is 21.5 Å². The molecule has 0 aliphatic rings. The molecule has 170 valence electrons. The summed E-state index contributed by atoms with van der Waals surface area (Å²) >= 11 is 2.56. The minimum absolute atomic E-state index is 0.0934. The van der Waals surface area contributed by atoms with E-state index < -0.39 is 5.97 Å². The van der Waals surface area contributed by atoms with Gasteiger partial charge in [0.2, 0.25) is 5.91 Å². The molecule has 3 aromatic rings. The Balaban J connectivity index is 1.59. The average molecular weight is 479 g/mol. The number of carbonyl (C=O) groups excluding carboxylic acids is 2. The van der Waals surface area contributed by atoms with Crippen LogP contribution in [0.4, 0.5) is 9.39 Å². The van der Waals surface area contributed by atoms with E-state index in [2.05, 4.69) is 15.5 Å². The number of thiophene rings is 1. The van der Waals surface area contributed by atoms with Gasteiger partial charge >= 0.3 is 5.97 Å². The van der Waals surface area contributed by atoms with Crippen molar-refractivity contribution in [1.82, 2.24) is 14.8 Å². The van der Waals surface area contributed by atoms with Crippen molar-refractivity contribution in [1.29, 1.82) is 0 Å². The van der Waals surface area contributed by atoms with Crippen molar-refractivity contribution in [2.45, 2.75) is 39.1 Å². The van der Waals surface area contributed by atoms with E-state index in [0.717, 1.165) is 4.88 Å². The van der Waals surface area contributed by atoms with Crippen LogP contribution in [-0.4, -0.2) is 39.0 Å². The second-order valence-corrected chi connectivity index (χ2v) is 8.74. The van der Waals surface area contributed by atoms with Crippen molar-refractivity contribution in [3.05, 3.63) is 52.4 Å². The molecule has 0 aliphatic carbocycles. The standard InChI is InChI=1S/C21H23FN4O4S2/c1-4-26-17(11-30-15-8-6-14(22)7-9-15)24-25-21(26)31-12-18(27)23-19-16(10-13(3)32-19)20(28)29-5-2/h6-10H,4-5,11-12H2,1-3H3,(H,23,27). The molecule has 2 aromatic heterocycles. The van der Waals surface area contributed by atoms with Crippen molar-refractivity contribution in [2.75, 3.05) is 17.7 Å². The van der Waals surface area contributed by atoms with Gasteiger partial charge in [0, 0.05) is 11.4 Å². The fraction of sp³-hybridized carbons (Fsp3) is 0.333. The molecule has 0 unspecified atom stereocenters. The predicted octanol–water partition coefficient (Wildman–Crippen LogP) is 4.29. The van der Waals surface area contributed by atoms with Crippen LogP contribution in [0.2, 0.25) is 0 Å². The van der Waals surface area contributed by atoms with Crippen LogP contribution in [0.15, 0.2) is 35.5 Å². The lowest BCUT2D eigenvalue weighted by Crippen LogP contribution is -2.16. The van der Waals surface area contributed by atoms with Crippen molar-refractivity contribution in [3.8, 4) is 5.75 Å². The molecule has 0 fully saturated rings. The quantitative estimate of drug-likeness (QED) is 0.343. The topological polar surface area (TPSA) is 95.3 Å². The molecule has 0 bridgehead atoms. The molecule has 3 rings (SSSR count). The van der Waals surface area contributed by atoms with Gasteiger partial charge in [0.25, 0.3) is 0 Å². The van der Waals surface area contributed by atoms with Gasteiger partial charge in [0.05, 0.1) is 17.9 Å². The number of aromatic nitrogens is 3. The zero-order chi connectivity index (χ0) is 23.1. The SMILES string of the molecule is CCOC(=O)c1cc(C)sc1NC(=O)CSc1nnc(COc2ccc(F)cc2)n1CC. The summed E-state index contributed by atoms with van der Waals surface area (Å²) in [6, 6.07) is 7.43. The van der Waals surface area contributed by atoms with Gasteiger partial charge in [-0.25, -0.2) is 9.18 Å². The Morgan fingerprint density at radius 3 is 2.66 bits per heavy atom. The van der Waals surface area contributed by atoms with E-state index in [-0.39, 0.29) is 30.7 Å². The highest BCUT2D eigenvalue weighted by atomic mass is 32.2. The lowest BCUT2D eigenvalue weighted by atomic mass is 10.3. The highest BCUT2D eigenvalue weighted by Crippen LogP contribution is 2.29. The number of nitrogens with zero attached hydrogens (tertiary/aromatic N) is 3. The number of hydrogen-bond acceptors (Lipinski definition) is 8. The maximum atomic E-state index is 13.0. The van der Waals surface area contributed by atoms with Gasteiger partial charge in [-0.3, -0.25) is 4.79 Å². The average Bonchev–Trinajstić information content (AvgIpc) is 3.34. The third kappa shape index (κ3) is 6.07. The summed E-state index contributed by atoms with van der Waals surface area (Å²) in [6.07, 6.45) is 0. The zero-order valence-corrected chi connectivity index (χ0v) is 19.5. The molecule has 2 heterocycles. The number of ether oxygens (including phenoxy) is 2. The van der Waals surface area contributed by atoms with Gasteiger partial charge in [-0.2, -0.15) is 0 Å². The summed E-state index contributed by atoms with van der Waals surface area (Å²) < 4.78 is 25.6. The molecule has 0 saturated heterocycles. The first-order valence-electron chi connectivity index (χ1n) is 9.91. The molecule has 11 heteroatoms. The highest BCUT2D eigenvalue weighted by Gasteiger charge is 2.19. The third-order valence-electron chi connectivity index (χ3n) is 4.23. The summed E-state index contributed by atoms with van der Waals surface area (Å²) in [5.41, 5.74) is 0.352. The maximum Gasteiger partial charge on any atom is 0.341 e. The number of hydrogen-bond donors (Lipinski definition) is 1. The number of benzene rings is 1. The Morgan fingerprint density at radius 1 is 1.22 bits per heavy atom. The second kappa shape index (κ2) is 11.1. The molecule has 0 saturated carbocycles. The molecule has 1 amide bonds. The summed E-state index contributed by atoms with van der Waals surface area (Å²) in [7, 11) is 0. The van der Waals surface area contributed by atoms with E-state index in [4.69, 9.17) is 9.47 Å². The molecule has 0 radical (unpaired) electrons. The van der Waals surface area contributed by atoms with Crippen LogP contribution in [0, 0.1) is 12.7 Å². The normalized spacial score (nSPS) is 10.8. The minimum Gasteiger partial charge on any atom is -0.486 e. The van der Waals surface area contributed by atoms with Crippen LogP contribution in [0.25, 0.3) is 0 Å². The lowest BCUT2D eigenvalue weighted by molar-refractivity contribution is -0.113. The van der Waals surface area contributed by atoms with Crippen molar-refractivity contribution < 1.29 is 23.5 Å². The first-order chi connectivity index (χ1) is 15.4. The lowest BCUT2D eigenvalue weighted by Gasteiger charge is -2.09. The number of halogens is 1. The molecule has 0 atom stereocenters. The fourth-order valence-electron chi connectivity index (χ4n) is 2.79. The van der Waals surface area contributed by atoms with E-state index in [9.17, 15) is 14.0 Å². The molecular weight excluding hydrogens is 455 g/mol. The number of carbonyl (C=O) groups is 2. The van der Waals surface area contributed by atoms with Gasteiger partial charge in [0.15, 0.2) is 11.0 Å². The van der Waals surface area contributed by atoms with Crippen LogP contribution < -0.4 is 10.1 Å². The smallest absolute Gasteiger partial charge is 0.341 e. The van der Waals surface area contributed by atoms with Crippen LogP contribution >= 0.6 is 23.1 Å². The molecule has 1 aromatic carbocycles.